The molecule has 0 aromatic heterocycles. The molecule has 0 aliphatic rings. The molecule has 3 aromatic carbocycles. The number of aromatic hydroxyl groups is 2. The van der Waals surface area contributed by atoms with E-state index in [9.17, 15) is 19.8 Å². The Morgan fingerprint density at radius 3 is 1.82 bits per heavy atom. The van der Waals surface area contributed by atoms with Gasteiger partial charge in [-0.15, -0.1) is 0 Å². The van der Waals surface area contributed by atoms with Crippen LogP contribution in [-0.4, -0.2) is 35.4 Å². The van der Waals surface area contributed by atoms with E-state index >= 15 is 0 Å². The fourth-order valence-corrected chi connectivity index (χ4v) is 3.24. The Labute approximate surface area is 192 Å². The van der Waals surface area contributed by atoms with Gasteiger partial charge < -0.3 is 31.5 Å². The third-order valence-corrected chi connectivity index (χ3v) is 4.96. The summed E-state index contributed by atoms with van der Waals surface area (Å²) >= 11 is 0. The Balaban J connectivity index is 1.45. The largest absolute Gasteiger partial charge is 0.508 e. The minimum Gasteiger partial charge on any atom is -0.508 e. The fourth-order valence-electron chi connectivity index (χ4n) is 3.24. The van der Waals surface area contributed by atoms with Crippen molar-refractivity contribution in [3.05, 3.63) is 83.4 Å². The van der Waals surface area contributed by atoms with Gasteiger partial charge >= 0.3 is 12.1 Å². The molecule has 0 radical (unpaired) electrons. The van der Waals surface area contributed by atoms with Gasteiger partial charge in [0.1, 0.15) is 11.5 Å². The molecular weight excluding hydrogens is 420 g/mol. The first kappa shape index (κ1) is 23.5. The van der Waals surface area contributed by atoms with Gasteiger partial charge in [0, 0.05) is 24.5 Å². The lowest BCUT2D eigenvalue weighted by Crippen LogP contribution is -2.31. The minimum atomic E-state index is -0.361. The number of carbonyl (C=O) groups excluding carboxylic acids is 2. The number of hydrogen-bond acceptors (Lipinski definition) is 4. The lowest BCUT2D eigenvalue weighted by atomic mass is 10.1. The van der Waals surface area contributed by atoms with Crippen molar-refractivity contribution >= 4 is 23.4 Å². The Hall–Kier alpha value is -4.20. The van der Waals surface area contributed by atoms with Crippen molar-refractivity contribution < 1.29 is 19.8 Å². The maximum atomic E-state index is 12.3. The quantitative estimate of drug-likeness (QED) is 0.310. The number of anilines is 2. The summed E-state index contributed by atoms with van der Waals surface area (Å²) < 4.78 is 0. The molecule has 0 spiro atoms. The number of hydrogen-bond donors (Lipinski definition) is 6. The second-order valence-corrected chi connectivity index (χ2v) is 7.63. The topological polar surface area (TPSA) is 123 Å². The predicted molar refractivity (Wildman–Crippen MR) is 129 cm³/mol. The Kier molecular flexibility index (Phi) is 8.13. The lowest BCUT2D eigenvalue weighted by molar-refractivity contribution is 0.251. The number of aryl methyl sites for hydroxylation is 1. The van der Waals surface area contributed by atoms with E-state index < -0.39 is 0 Å². The van der Waals surface area contributed by atoms with Crippen LogP contribution in [0.4, 0.5) is 21.0 Å². The van der Waals surface area contributed by atoms with Crippen LogP contribution < -0.4 is 21.3 Å². The number of carbonyl (C=O) groups is 2. The number of amides is 4. The van der Waals surface area contributed by atoms with E-state index in [0.717, 1.165) is 16.7 Å². The summed E-state index contributed by atoms with van der Waals surface area (Å²) in [6.45, 7) is 2.68. The summed E-state index contributed by atoms with van der Waals surface area (Å²) in [6, 6.07) is 18.3. The minimum absolute atomic E-state index is 0.194. The highest BCUT2D eigenvalue weighted by Gasteiger charge is 2.08. The van der Waals surface area contributed by atoms with Crippen molar-refractivity contribution in [2.75, 3.05) is 23.7 Å². The average Bonchev–Trinajstić information content (AvgIpc) is 2.76. The standard InChI is InChI=1S/C25H28N4O4/c1-17-8-9-20(28-24(32)26-12-10-18-4-2-6-21(30)14-18)16-23(17)29-25(33)27-13-11-19-5-3-7-22(31)15-19/h2-9,14-16,30-31H,10-13H2,1H3,(H2,26,28,32)(H2,27,29,33). The van der Waals surface area contributed by atoms with Gasteiger partial charge in [-0.05, 0) is 72.9 Å². The first-order valence-corrected chi connectivity index (χ1v) is 10.7. The summed E-state index contributed by atoms with van der Waals surface area (Å²) in [6.07, 6.45) is 1.18. The molecule has 8 nitrogen and oxygen atoms in total. The first-order valence-electron chi connectivity index (χ1n) is 10.7. The summed E-state index contributed by atoms with van der Waals surface area (Å²) in [7, 11) is 0. The van der Waals surface area contributed by atoms with Crippen LogP contribution in [0.5, 0.6) is 11.5 Å². The van der Waals surface area contributed by atoms with Gasteiger partial charge in [0.25, 0.3) is 0 Å². The summed E-state index contributed by atoms with van der Waals surface area (Å²) in [5.74, 6) is 0.389. The van der Waals surface area contributed by atoms with Gasteiger partial charge in [-0.3, -0.25) is 0 Å². The highest BCUT2D eigenvalue weighted by Crippen LogP contribution is 2.20. The van der Waals surface area contributed by atoms with Gasteiger partial charge in [0.05, 0.1) is 0 Å². The molecule has 0 saturated heterocycles. The zero-order valence-corrected chi connectivity index (χ0v) is 18.4. The molecular formula is C25H28N4O4. The maximum absolute atomic E-state index is 12.3. The van der Waals surface area contributed by atoms with E-state index in [1.54, 1.807) is 48.5 Å². The lowest BCUT2D eigenvalue weighted by Gasteiger charge is -2.13. The van der Waals surface area contributed by atoms with Crippen LogP contribution in [-0.2, 0) is 12.8 Å². The van der Waals surface area contributed by atoms with Crippen LogP contribution in [0.25, 0.3) is 0 Å². The third kappa shape index (κ3) is 7.77. The SMILES string of the molecule is Cc1ccc(NC(=O)NCCc2cccc(O)c2)cc1NC(=O)NCCc1cccc(O)c1. The average molecular weight is 449 g/mol. The van der Waals surface area contributed by atoms with Gasteiger partial charge in [-0.2, -0.15) is 0 Å². The van der Waals surface area contributed by atoms with Crippen molar-refractivity contribution in [1.29, 1.82) is 0 Å². The smallest absolute Gasteiger partial charge is 0.319 e. The van der Waals surface area contributed by atoms with E-state index in [4.69, 9.17) is 0 Å². The predicted octanol–water partition coefficient (Wildman–Crippen LogP) is 4.13. The molecule has 0 aliphatic heterocycles. The number of phenolic OH excluding ortho intramolecular Hbond substituents is 2. The Bertz CT molecular complexity index is 1120. The van der Waals surface area contributed by atoms with Crippen LogP contribution in [0.1, 0.15) is 16.7 Å². The molecule has 0 saturated carbocycles. The van der Waals surface area contributed by atoms with Crippen LogP contribution in [0.3, 0.4) is 0 Å². The van der Waals surface area contributed by atoms with Crippen LogP contribution >= 0.6 is 0 Å². The van der Waals surface area contributed by atoms with E-state index in [2.05, 4.69) is 21.3 Å². The van der Waals surface area contributed by atoms with Crippen LogP contribution in [0, 0.1) is 6.92 Å². The highest BCUT2D eigenvalue weighted by atomic mass is 16.3. The molecule has 33 heavy (non-hydrogen) atoms. The van der Waals surface area contributed by atoms with E-state index in [1.165, 1.54) is 0 Å². The number of phenols is 2. The van der Waals surface area contributed by atoms with E-state index in [-0.39, 0.29) is 23.6 Å². The van der Waals surface area contributed by atoms with Crippen molar-refractivity contribution in [3.8, 4) is 11.5 Å². The molecule has 4 amide bonds. The number of rotatable bonds is 8. The zero-order chi connectivity index (χ0) is 23.6. The molecule has 3 rings (SSSR count). The summed E-state index contributed by atoms with van der Waals surface area (Å²) in [5, 5.41) is 30.1. The van der Waals surface area contributed by atoms with E-state index in [0.29, 0.717) is 37.3 Å². The van der Waals surface area contributed by atoms with Gasteiger partial charge in [-0.25, -0.2) is 9.59 Å². The van der Waals surface area contributed by atoms with Crippen molar-refractivity contribution in [3.63, 3.8) is 0 Å². The number of benzene rings is 3. The molecule has 6 N–H and O–H groups in total. The maximum Gasteiger partial charge on any atom is 0.319 e. The molecule has 3 aromatic rings. The Morgan fingerprint density at radius 2 is 1.27 bits per heavy atom. The summed E-state index contributed by atoms with van der Waals surface area (Å²) in [4.78, 5) is 24.5. The van der Waals surface area contributed by atoms with Crippen LogP contribution in [0.15, 0.2) is 66.7 Å². The van der Waals surface area contributed by atoms with Crippen molar-refractivity contribution in [2.45, 2.75) is 19.8 Å². The molecule has 0 aliphatic carbocycles. The number of nitrogens with one attached hydrogen (secondary N) is 4. The van der Waals surface area contributed by atoms with E-state index in [1.807, 2.05) is 25.1 Å². The van der Waals surface area contributed by atoms with Gasteiger partial charge in [0.2, 0.25) is 0 Å². The van der Waals surface area contributed by atoms with Gasteiger partial charge in [0.15, 0.2) is 0 Å². The zero-order valence-electron chi connectivity index (χ0n) is 18.4. The molecule has 0 unspecified atom stereocenters. The molecule has 172 valence electrons. The molecule has 0 bridgehead atoms. The first-order chi connectivity index (χ1) is 15.9. The molecule has 0 fully saturated rings. The van der Waals surface area contributed by atoms with Crippen LogP contribution in [0.2, 0.25) is 0 Å². The van der Waals surface area contributed by atoms with Crippen molar-refractivity contribution in [2.24, 2.45) is 0 Å². The number of urea groups is 2. The summed E-state index contributed by atoms with van der Waals surface area (Å²) in [5.41, 5.74) is 3.83. The highest BCUT2D eigenvalue weighted by molar-refractivity contribution is 5.93. The third-order valence-electron chi connectivity index (χ3n) is 4.96. The van der Waals surface area contributed by atoms with Crippen molar-refractivity contribution in [1.82, 2.24) is 10.6 Å². The Morgan fingerprint density at radius 1 is 0.727 bits per heavy atom. The second kappa shape index (κ2) is 11.4. The fraction of sp³-hybridized carbons (Fsp3) is 0.200. The monoisotopic (exact) mass is 448 g/mol. The molecule has 0 heterocycles. The second-order valence-electron chi connectivity index (χ2n) is 7.63. The normalized spacial score (nSPS) is 10.3. The molecule has 8 heteroatoms. The molecule has 0 atom stereocenters. The van der Waals surface area contributed by atoms with Gasteiger partial charge in [-0.1, -0.05) is 30.3 Å².